The van der Waals surface area contributed by atoms with Gasteiger partial charge in [0.1, 0.15) is 0 Å². The minimum atomic E-state index is -3.28. The van der Waals surface area contributed by atoms with Crippen LogP contribution in [-0.4, -0.2) is 59.6 Å². The van der Waals surface area contributed by atoms with Crippen molar-refractivity contribution in [2.45, 2.75) is 26.3 Å². The fourth-order valence-corrected chi connectivity index (χ4v) is 4.60. The number of thiophene rings is 1. The summed E-state index contributed by atoms with van der Waals surface area (Å²) in [6.07, 6.45) is 2.55. The van der Waals surface area contributed by atoms with Crippen molar-refractivity contribution in [2.75, 3.05) is 25.9 Å². The third-order valence-electron chi connectivity index (χ3n) is 4.43. The molecule has 1 amide bonds. The Kier molecular flexibility index (Phi) is 5.73. The number of nitrogens with zero attached hydrogens (tertiary/aromatic N) is 4. The molecule has 1 saturated heterocycles. The minimum Gasteiger partial charge on any atom is -0.337 e. The number of carbonyl (C=O) groups excluding carboxylic acids is 1. The highest BCUT2D eigenvalue weighted by molar-refractivity contribution is 7.88. The van der Waals surface area contributed by atoms with Crippen molar-refractivity contribution in [3.05, 3.63) is 23.4 Å². The second-order valence-electron chi connectivity index (χ2n) is 6.30. The number of rotatable bonds is 6. The van der Waals surface area contributed by atoms with Gasteiger partial charge in [-0.3, -0.25) is 4.79 Å². The fraction of sp³-hybridized carbons (Fsp3) is 0.562. The molecule has 26 heavy (non-hydrogen) atoms. The maximum absolute atomic E-state index is 12.9. The zero-order chi connectivity index (χ0) is 18.7. The maximum atomic E-state index is 12.9. The first kappa shape index (κ1) is 19.0. The molecule has 10 heteroatoms. The van der Waals surface area contributed by atoms with Crippen LogP contribution in [0.3, 0.4) is 0 Å². The van der Waals surface area contributed by atoms with Gasteiger partial charge in [-0.05, 0) is 31.2 Å². The molecule has 0 radical (unpaired) electrons. The van der Waals surface area contributed by atoms with Crippen LogP contribution in [0.15, 0.2) is 22.0 Å². The molecule has 2 aromatic heterocycles. The summed E-state index contributed by atoms with van der Waals surface area (Å²) in [5, 5.41) is 5.90. The molecule has 1 atom stereocenters. The van der Waals surface area contributed by atoms with Crippen LogP contribution in [0.5, 0.6) is 0 Å². The van der Waals surface area contributed by atoms with Gasteiger partial charge in [0.2, 0.25) is 27.6 Å². The van der Waals surface area contributed by atoms with E-state index in [1.807, 2.05) is 24.4 Å². The molecule has 1 aliphatic rings. The van der Waals surface area contributed by atoms with E-state index in [1.54, 1.807) is 4.90 Å². The third-order valence-corrected chi connectivity index (χ3v) is 6.57. The molecule has 2 aromatic rings. The highest BCUT2D eigenvalue weighted by Gasteiger charge is 2.32. The summed E-state index contributed by atoms with van der Waals surface area (Å²) in [5.74, 6) is 0.480. The molecule has 0 aliphatic carbocycles. The molecule has 0 saturated carbocycles. The lowest BCUT2D eigenvalue weighted by molar-refractivity contribution is -0.137. The largest absolute Gasteiger partial charge is 0.337 e. The summed E-state index contributed by atoms with van der Waals surface area (Å²) < 4.78 is 30.2. The SMILES string of the molecule is CCN(Cc1nc(-c2cccs2)no1)C(=O)[C@@H]1CCCN(S(C)(=O)=O)C1. The highest BCUT2D eigenvalue weighted by atomic mass is 32.2. The fourth-order valence-electron chi connectivity index (χ4n) is 3.04. The van der Waals surface area contributed by atoms with Crippen molar-refractivity contribution >= 4 is 27.3 Å². The molecule has 1 fully saturated rings. The lowest BCUT2D eigenvalue weighted by Crippen LogP contribution is -2.46. The standard InChI is InChI=1S/C16H22N4O4S2/c1-3-19(11-14-17-15(18-24-14)13-7-5-9-25-13)16(21)12-6-4-8-20(10-12)26(2,22)23/h5,7,9,12H,3-4,6,8,10-11H2,1-2H3/t12-/m1/s1. The first-order valence-corrected chi connectivity index (χ1v) is 11.2. The van der Waals surface area contributed by atoms with Crippen molar-refractivity contribution in [3.8, 4) is 10.7 Å². The average Bonchev–Trinajstić information content (AvgIpc) is 3.30. The molecule has 1 aliphatic heterocycles. The molecule has 3 heterocycles. The van der Waals surface area contributed by atoms with Crippen LogP contribution in [0.2, 0.25) is 0 Å². The van der Waals surface area contributed by atoms with Crippen LogP contribution >= 0.6 is 11.3 Å². The van der Waals surface area contributed by atoms with Gasteiger partial charge >= 0.3 is 0 Å². The predicted octanol–water partition coefficient (Wildman–Crippen LogP) is 1.82. The van der Waals surface area contributed by atoms with Gasteiger partial charge in [-0.2, -0.15) is 4.98 Å². The Labute approximate surface area is 156 Å². The molecular weight excluding hydrogens is 376 g/mol. The first-order valence-electron chi connectivity index (χ1n) is 8.49. The van der Waals surface area contributed by atoms with Gasteiger partial charge in [0, 0.05) is 19.6 Å². The Morgan fingerprint density at radius 1 is 1.50 bits per heavy atom. The van der Waals surface area contributed by atoms with Gasteiger partial charge in [0.15, 0.2) is 0 Å². The molecule has 8 nitrogen and oxygen atoms in total. The zero-order valence-electron chi connectivity index (χ0n) is 14.8. The van der Waals surface area contributed by atoms with E-state index in [1.165, 1.54) is 21.9 Å². The van der Waals surface area contributed by atoms with Gasteiger partial charge in [-0.15, -0.1) is 11.3 Å². The molecular formula is C16H22N4O4S2. The van der Waals surface area contributed by atoms with Crippen molar-refractivity contribution in [1.82, 2.24) is 19.3 Å². The molecule has 142 valence electrons. The quantitative estimate of drug-likeness (QED) is 0.736. The predicted molar refractivity (Wildman–Crippen MR) is 97.8 cm³/mol. The number of amides is 1. The smallest absolute Gasteiger partial charge is 0.246 e. The van der Waals surface area contributed by atoms with Gasteiger partial charge < -0.3 is 9.42 Å². The second kappa shape index (κ2) is 7.85. The molecule has 0 bridgehead atoms. The minimum absolute atomic E-state index is 0.0725. The lowest BCUT2D eigenvalue weighted by Gasteiger charge is -2.33. The Bertz CT molecular complexity index is 847. The third kappa shape index (κ3) is 4.30. The number of piperidine rings is 1. The summed E-state index contributed by atoms with van der Waals surface area (Å²) in [7, 11) is -3.28. The number of aromatic nitrogens is 2. The van der Waals surface area contributed by atoms with Crippen LogP contribution in [0, 0.1) is 5.92 Å². The van der Waals surface area contributed by atoms with Crippen molar-refractivity contribution in [1.29, 1.82) is 0 Å². The van der Waals surface area contributed by atoms with E-state index in [2.05, 4.69) is 10.1 Å². The lowest BCUT2D eigenvalue weighted by atomic mass is 9.98. The topological polar surface area (TPSA) is 96.6 Å². The molecule has 0 unspecified atom stereocenters. The first-order chi connectivity index (χ1) is 12.4. The van der Waals surface area contributed by atoms with Crippen molar-refractivity contribution in [3.63, 3.8) is 0 Å². The highest BCUT2D eigenvalue weighted by Crippen LogP contribution is 2.23. The normalized spacial score (nSPS) is 18.8. The van der Waals surface area contributed by atoms with E-state index in [-0.39, 0.29) is 24.9 Å². The summed E-state index contributed by atoms with van der Waals surface area (Å²) in [6, 6.07) is 3.82. The summed E-state index contributed by atoms with van der Waals surface area (Å²) >= 11 is 1.52. The second-order valence-corrected chi connectivity index (χ2v) is 9.23. The number of hydrogen-bond donors (Lipinski definition) is 0. The van der Waals surface area contributed by atoms with E-state index >= 15 is 0 Å². The van der Waals surface area contributed by atoms with Gasteiger partial charge in [0.05, 0.1) is 23.6 Å². The zero-order valence-corrected chi connectivity index (χ0v) is 16.4. The maximum Gasteiger partial charge on any atom is 0.246 e. The molecule has 3 rings (SSSR count). The summed E-state index contributed by atoms with van der Waals surface area (Å²) in [4.78, 5) is 19.8. The monoisotopic (exact) mass is 398 g/mol. The van der Waals surface area contributed by atoms with E-state index < -0.39 is 10.0 Å². The van der Waals surface area contributed by atoms with Gasteiger partial charge in [-0.1, -0.05) is 11.2 Å². The average molecular weight is 399 g/mol. The number of sulfonamides is 1. The number of carbonyl (C=O) groups is 1. The van der Waals surface area contributed by atoms with Crippen LogP contribution in [0.25, 0.3) is 10.7 Å². The van der Waals surface area contributed by atoms with Crippen molar-refractivity contribution in [2.24, 2.45) is 5.92 Å². The molecule has 0 N–H and O–H groups in total. The Hall–Kier alpha value is -1.78. The van der Waals surface area contributed by atoms with Gasteiger partial charge in [-0.25, -0.2) is 12.7 Å². The van der Waals surface area contributed by atoms with E-state index in [0.717, 1.165) is 4.88 Å². The van der Waals surface area contributed by atoms with E-state index in [4.69, 9.17) is 4.52 Å². The number of hydrogen-bond acceptors (Lipinski definition) is 7. The van der Waals surface area contributed by atoms with Crippen LogP contribution < -0.4 is 0 Å². The Balaban J connectivity index is 1.67. The van der Waals surface area contributed by atoms with E-state index in [9.17, 15) is 13.2 Å². The Morgan fingerprint density at radius 3 is 2.96 bits per heavy atom. The van der Waals surface area contributed by atoms with Crippen LogP contribution in [0.1, 0.15) is 25.7 Å². The Morgan fingerprint density at radius 2 is 2.31 bits per heavy atom. The van der Waals surface area contributed by atoms with E-state index in [0.29, 0.717) is 37.6 Å². The van der Waals surface area contributed by atoms with Crippen LogP contribution in [-0.2, 0) is 21.4 Å². The summed E-state index contributed by atoms with van der Waals surface area (Å²) in [5.41, 5.74) is 0. The van der Waals surface area contributed by atoms with Gasteiger partial charge in [0.25, 0.3) is 0 Å². The molecule has 0 aromatic carbocycles. The van der Waals surface area contributed by atoms with Crippen molar-refractivity contribution < 1.29 is 17.7 Å². The van der Waals surface area contributed by atoms with Crippen LogP contribution in [0.4, 0.5) is 0 Å². The molecule has 0 spiro atoms. The summed E-state index contributed by atoms with van der Waals surface area (Å²) in [6.45, 7) is 3.31.